The number of nitrogens with one attached hydrogen (secondary N) is 1. The number of fused-ring (bicyclic) bond motifs is 1. The van der Waals surface area contributed by atoms with Crippen LogP contribution in [0.1, 0.15) is 70.0 Å². The van der Waals surface area contributed by atoms with Crippen molar-refractivity contribution in [2.24, 2.45) is 5.92 Å². The molecule has 0 aliphatic carbocycles. The molecule has 3 heterocycles. The number of amides is 2. The van der Waals surface area contributed by atoms with E-state index < -0.39 is 0 Å². The number of piperidine rings is 1. The predicted octanol–water partition coefficient (Wildman–Crippen LogP) is 3.26. The normalized spacial score (nSPS) is 20.9. The van der Waals surface area contributed by atoms with Crippen molar-refractivity contribution in [3.05, 3.63) is 17.0 Å². The van der Waals surface area contributed by atoms with E-state index in [4.69, 9.17) is 9.84 Å². The molecule has 6 nitrogen and oxygen atoms in total. The van der Waals surface area contributed by atoms with Gasteiger partial charge in [-0.05, 0) is 39.0 Å². The Hall–Kier alpha value is -1.56. The maximum atomic E-state index is 12.7. The van der Waals surface area contributed by atoms with E-state index in [-0.39, 0.29) is 18.1 Å². The number of carbonyl (C=O) groups excluding carboxylic acids is 1. The Labute approximate surface area is 150 Å². The highest BCUT2D eigenvalue weighted by Gasteiger charge is 2.34. The van der Waals surface area contributed by atoms with E-state index in [1.165, 1.54) is 11.3 Å². The molecule has 25 heavy (non-hydrogen) atoms. The molecule has 2 aliphatic rings. The summed E-state index contributed by atoms with van der Waals surface area (Å²) in [6.07, 6.45) is 4.10. The fourth-order valence-corrected chi connectivity index (χ4v) is 3.89. The van der Waals surface area contributed by atoms with E-state index in [0.29, 0.717) is 12.5 Å². The van der Waals surface area contributed by atoms with Crippen molar-refractivity contribution in [1.82, 2.24) is 20.0 Å². The fraction of sp³-hybridized carbons (Fsp3) is 0.789. The minimum Gasteiger partial charge on any atom is -0.376 e. The van der Waals surface area contributed by atoms with Gasteiger partial charge >= 0.3 is 6.03 Å². The van der Waals surface area contributed by atoms with Gasteiger partial charge in [-0.1, -0.05) is 13.8 Å². The van der Waals surface area contributed by atoms with Crippen molar-refractivity contribution < 1.29 is 9.53 Å². The molecule has 1 N–H and O–H groups in total. The topological polar surface area (TPSA) is 59.4 Å². The zero-order valence-corrected chi connectivity index (χ0v) is 16.0. The molecule has 1 unspecified atom stereocenters. The molecule has 1 atom stereocenters. The average Bonchev–Trinajstić information content (AvgIpc) is 2.92. The number of aromatic nitrogens is 2. The number of ether oxygens (including phenoxy) is 1. The van der Waals surface area contributed by atoms with Crippen molar-refractivity contribution in [2.45, 2.75) is 78.6 Å². The molecule has 6 heteroatoms. The van der Waals surface area contributed by atoms with E-state index in [2.05, 4.69) is 23.8 Å². The minimum atomic E-state index is 0.0311. The number of nitrogens with zero attached hydrogens (tertiary/aromatic N) is 3. The molecule has 1 aromatic heterocycles. The summed E-state index contributed by atoms with van der Waals surface area (Å²) in [6.45, 7) is 11.6. The standard InChI is InChI=1S/C19H32N4O2/c1-13(2)11-23-16-8-10-25-12-15(16)18(21-23)17-7-5-6-9-22(17)19(24)20-14(3)4/h13-14,17H,5-12H2,1-4H3,(H,20,24). The Morgan fingerprint density at radius 1 is 1.32 bits per heavy atom. The third-order valence-electron chi connectivity index (χ3n) is 4.96. The quantitative estimate of drug-likeness (QED) is 0.908. The second-order valence-corrected chi connectivity index (χ2v) is 8.00. The van der Waals surface area contributed by atoms with Crippen LogP contribution < -0.4 is 5.32 Å². The number of carbonyl (C=O) groups is 1. The highest BCUT2D eigenvalue weighted by molar-refractivity contribution is 5.75. The van der Waals surface area contributed by atoms with Crippen LogP contribution in [0.25, 0.3) is 0 Å². The van der Waals surface area contributed by atoms with Gasteiger partial charge in [0, 0.05) is 36.8 Å². The summed E-state index contributed by atoms with van der Waals surface area (Å²) in [5.41, 5.74) is 3.60. The molecule has 0 spiro atoms. The molecule has 140 valence electrons. The van der Waals surface area contributed by atoms with Crippen molar-refractivity contribution in [1.29, 1.82) is 0 Å². The van der Waals surface area contributed by atoms with Crippen LogP contribution in [0.5, 0.6) is 0 Å². The number of rotatable bonds is 4. The first-order chi connectivity index (χ1) is 12.0. The third-order valence-corrected chi connectivity index (χ3v) is 4.96. The summed E-state index contributed by atoms with van der Waals surface area (Å²) in [5.74, 6) is 0.548. The van der Waals surface area contributed by atoms with E-state index in [9.17, 15) is 4.79 Å². The molecule has 0 aromatic carbocycles. The molecule has 3 rings (SSSR count). The summed E-state index contributed by atoms with van der Waals surface area (Å²) in [4.78, 5) is 14.7. The molecule has 1 fully saturated rings. The highest BCUT2D eigenvalue weighted by Crippen LogP contribution is 2.35. The lowest BCUT2D eigenvalue weighted by Gasteiger charge is -2.36. The van der Waals surface area contributed by atoms with Crippen LogP contribution in [0.4, 0.5) is 4.79 Å². The lowest BCUT2D eigenvalue weighted by atomic mass is 9.95. The first-order valence-electron chi connectivity index (χ1n) is 9.70. The summed E-state index contributed by atoms with van der Waals surface area (Å²) in [5, 5.41) is 8.03. The average molecular weight is 348 g/mol. The maximum Gasteiger partial charge on any atom is 0.318 e. The van der Waals surface area contributed by atoms with Crippen LogP contribution in [-0.2, 0) is 24.3 Å². The van der Waals surface area contributed by atoms with Gasteiger partial charge in [-0.15, -0.1) is 0 Å². The molecule has 1 aromatic rings. The molecule has 0 saturated carbocycles. The van der Waals surface area contributed by atoms with Gasteiger partial charge in [-0.25, -0.2) is 4.79 Å². The Morgan fingerprint density at radius 2 is 2.12 bits per heavy atom. The zero-order chi connectivity index (χ0) is 18.0. The second-order valence-electron chi connectivity index (χ2n) is 8.00. The molecule has 0 bridgehead atoms. The number of hydrogen-bond acceptors (Lipinski definition) is 3. The third kappa shape index (κ3) is 4.00. The van der Waals surface area contributed by atoms with Crippen LogP contribution >= 0.6 is 0 Å². The molecule has 2 aliphatic heterocycles. The number of urea groups is 1. The van der Waals surface area contributed by atoms with Gasteiger partial charge in [0.1, 0.15) is 0 Å². The lowest BCUT2D eigenvalue weighted by molar-refractivity contribution is 0.105. The van der Waals surface area contributed by atoms with E-state index >= 15 is 0 Å². The Bertz CT molecular complexity index is 609. The smallest absolute Gasteiger partial charge is 0.318 e. The largest absolute Gasteiger partial charge is 0.376 e. The number of likely N-dealkylation sites (tertiary alicyclic amines) is 1. The van der Waals surface area contributed by atoms with Crippen molar-refractivity contribution in [2.75, 3.05) is 13.2 Å². The Balaban J connectivity index is 1.92. The molecule has 1 saturated heterocycles. The van der Waals surface area contributed by atoms with Gasteiger partial charge in [0.25, 0.3) is 0 Å². The lowest BCUT2D eigenvalue weighted by Crippen LogP contribution is -2.47. The first kappa shape index (κ1) is 18.2. The molecule has 2 amide bonds. The minimum absolute atomic E-state index is 0.0311. The summed E-state index contributed by atoms with van der Waals surface area (Å²) >= 11 is 0. The Kier molecular flexibility index (Phi) is 5.67. The fourth-order valence-electron chi connectivity index (χ4n) is 3.89. The van der Waals surface area contributed by atoms with E-state index in [1.807, 2.05) is 18.7 Å². The van der Waals surface area contributed by atoms with Crippen molar-refractivity contribution in [3.63, 3.8) is 0 Å². The van der Waals surface area contributed by atoms with Gasteiger partial charge in [0.2, 0.25) is 0 Å². The second kappa shape index (κ2) is 7.77. The Morgan fingerprint density at radius 3 is 2.84 bits per heavy atom. The van der Waals surface area contributed by atoms with Crippen molar-refractivity contribution >= 4 is 6.03 Å². The molecule has 0 radical (unpaired) electrons. The summed E-state index contributed by atoms with van der Waals surface area (Å²) in [7, 11) is 0. The number of hydrogen-bond donors (Lipinski definition) is 1. The zero-order valence-electron chi connectivity index (χ0n) is 16.0. The van der Waals surface area contributed by atoms with E-state index in [0.717, 1.165) is 51.1 Å². The van der Waals surface area contributed by atoms with Gasteiger partial charge in [0.05, 0.1) is 24.9 Å². The summed E-state index contributed by atoms with van der Waals surface area (Å²) in [6, 6.07) is 0.241. The van der Waals surface area contributed by atoms with Crippen LogP contribution in [-0.4, -0.2) is 39.9 Å². The highest BCUT2D eigenvalue weighted by atomic mass is 16.5. The van der Waals surface area contributed by atoms with Gasteiger partial charge in [0.15, 0.2) is 0 Å². The van der Waals surface area contributed by atoms with E-state index in [1.54, 1.807) is 0 Å². The van der Waals surface area contributed by atoms with Crippen LogP contribution in [0.2, 0.25) is 0 Å². The monoisotopic (exact) mass is 348 g/mol. The van der Waals surface area contributed by atoms with Gasteiger partial charge < -0.3 is 15.0 Å². The molecular weight excluding hydrogens is 316 g/mol. The molecular formula is C19H32N4O2. The predicted molar refractivity (Wildman–Crippen MR) is 97.4 cm³/mol. The van der Waals surface area contributed by atoms with Gasteiger partial charge in [-0.3, -0.25) is 4.68 Å². The van der Waals surface area contributed by atoms with Crippen molar-refractivity contribution in [3.8, 4) is 0 Å². The first-order valence-corrected chi connectivity index (χ1v) is 9.70. The summed E-state index contributed by atoms with van der Waals surface area (Å²) < 4.78 is 7.91. The van der Waals surface area contributed by atoms with Gasteiger partial charge in [-0.2, -0.15) is 5.10 Å². The SMILES string of the molecule is CC(C)Cn1nc(C2CCCCN2C(=O)NC(C)C)c2c1CCOC2. The van der Waals surface area contributed by atoms with Crippen LogP contribution in [0, 0.1) is 5.92 Å². The maximum absolute atomic E-state index is 12.7. The van der Waals surface area contributed by atoms with Crippen LogP contribution in [0.15, 0.2) is 0 Å². The van der Waals surface area contributed by atoms with Crippen LogP contribution in [0.3, 0.4) is 0 Å².